The monoisotopic (exact) mass is 376 g/mol. The van der Waals surface area contributed by atoms with Gasteiger partial charge in [-0.3, -0.25) is 19.4 Å². The van der Waals surface area contributed by atoms with E-state index < -0.39 is 4.92 Å². The van der Waals surface area contributed by atoms with Crippen LogP contribution in [-0.2, 0) is 12.4 Å². The topological polar surface area (TPSA) is 91.7 Å². The quantitative estimate of drug-likeness (QED) is 0.270. The molecule has 8 nitrogen and oxygen atoms in total. The van der Waals surface area contributed by atoms with E-state index in [1.54, 1.807) is 18.2 Å². The number of thioether (sulfide) groups is 1. The van der Waals surface area contributed by atoms with Gasteiger partial charge in [0.15, 0.2) is 11.0 Å². The van der Waals surface area contributed by atoms with Crippen LogP contribution in [0.4, 0.5) is 5.69 Å². The Bertz CT molecular complexity index is 905. The number of hydrogen-bond donors (Lipinski definition) is 0. The molecule has 0 saturated heterocycles. The van der Waals surface area contributed by atoms with Gasteiger partial charge in [-0.05, 0) is 24.3 Å². The summed E-state index contributed by atoms with van der Waals surface area (Å²) in [7, 11) is 0. The second kappa shape index (κ2) is 7.49. The van der Waals surface area contributed by atoms with E-state index in [0.29, 0.717) is 28.4 Å². The molecule has 0 atom stereocenters. The maximum Gasteiger partial charge on any atom is 0.307 e. The van der Waals surface area contributed by atoms with Gasteiger partial charge in [-0.15, -0.1) is 16.8 Å². The summed E-state index contributed by atoms with van der Waals surface area (Å²) in [5.41, 5.74) is 0.843. The van der Waals surface area contributed by atoms with Crippen molar-refractivity contribution in [1.82, 2.24) is 24.5 Å². The van der Waals surface area contributed by atoms with E-state index in [1.807, 2.05) is 16.7 Å². The molecule has 128 valence electrons. The number of hydrogen-bond acceptors (Lipinski definition) is 6. The minimum atomic E-state index is -0.479. The number of aromatic nitrogens is 5. The number of allylic oxidation sites excluding steroid dienone is 1. The number of benzene rings is 1. The van der Waals surface area contributed by atoms with Crippen molar-refractivity contribution in [3.05, 3.63) is 64.5 Å². The summed E-state index contributed by atoms with van der Waals surface area (Å²) in [4.78, 5) is 10.2. The highest BCUT2D eigenvalue weighted by Gasteiger charge is 2.15. The molecule has 3 rings (SSSR count). The summed E-state index contributed by atoms with van der Waals surface area (Å²) in [6.45, 7) is 4.30. The van der Waals surface area contributed by atoms with Gasteiger partial charge in [0, 0.05) is 17.1 Å². The lowest BCUT2D eigenvalue weighted by Gasteiger charge is -2.07. The Morgan fingerprint density at radius 2 is 2.08 bits per heavy atom. The van der Waals surface area contributed by atoms with E-state index in [2.05, 4.69) is 21.9 Å². The SMILES string of the molecule is C=CCn1c(SCn2cc([N+](=O)[O-])cn2)nnc1-c1ccc(Cl)cc1. The smallest absolute Gasteiger partial charge is 0.298 e. The predicted octanol–water partition coefficient (Wildman–Crippen LogP) is 3.64. The second-order valence-corrected chi connectivity index (χ2v) is 6.33. The van der Waals surface area contributed by atoms with Crippen LogP contribution in [0.1, 0.15) is 0 Å². The zero-order valence-corrected chi connectivity index (χ0v) is 14.5. The van der Waals surface area contributed by atoms with Crippen molar-refractivity contribution in [3.8, 4) is 11.4 Å². The standard InChI is InChI=1S/C15H13ClN6O2S/c1-2-7-21-14(11-3-5-12(16)6-4-11)18-19-15(21)25-10-20-9-13(8-17-20)22(23)24/h2-6,8-9H,1,7,10H2. The molecule has 2 heterocycles. The van der Waals surface area contributed by atoms with Crippen molar-refractivity contribution < 1.29 is 4.92 Å². The van der Waals surface area contributed by atoms with Crippen molar-refractivity contribution in [2.45, 2.75) is 17.6 Å². The van der Waals surface area contributed by atoms with Gasteiger partial charge in [-0.1, -0.05) is 29.4 Å². The van der Waals surface area contributed by atoms with E-state index in [1.165, 1.54) is 28.8 Å². The number of rotatable bonds is 7. The summed E-state index contributed by atoms with van der Waals surface area (Å²) >= 11 is 7.30. The fourth-order valence-corrected chi connectivity index (χ4v) is 3.07. The van der Waals surface area contributed by atoms with E-state index >= 15 is 0 Å². The van der Waals surface area contributed by atoms with Crippen LogP contribution in [0.3, 0.4) is 0 Å². The molecule has 0 aliphatic heterocycles. The molecule has 1 aromatic carbocycles. The van der Waals surface area contributed by atoms with E-state index in [4.69, 9.17) is 11.6 Å². The van der Waals surface area contributed by atoms with Crippen LogP contribution >= 0.6 is 23.4 Å². The van der Waals surface area contributed by atoms with Crippen LogP contribution in [0.15, 0.2) is 54.5 Å². The average molecular weight is 377 g/mol. The lowest BCUT2D eigenvalue weighted by Crippen LogP contribution is -2.02. The second-order valence-electron chi connectivity index (χ2n) is 4.98. The molecule has 0 saturated carbocycles. The third-order valence-corrected chi connectivity index (χ3v) is 4.49. The fraction of sp³-hybridized carbons (Fsp3) is 0.133. The van der Waals surface area contributed by atoms with Gasteiger partial charge in [0.05, 0.1) is 10.8 Å². The molecule has 0 fully saturated rings. The average Bonchev–Trinajstić information content (AvgIpc) is 3.21. The van der Waals surface area contributed by atoms with Gasteiger partial charge < -0.3 is 0 Å². The Balaban J connectivity index is 1.82. The van der Waals surface area contributed by atoms with Gasteiger partial charge in [0.25, 0.3) is 0 Å². The van der Waals surface area contributed by atoms with E-state index in [0.717, 1.165) is 5.56 Å². The van der Waals surface area contributed by atoms with Gasteiger partial charge in [-0.25, -0.2) is 0 Å². The van der Waals surface area contributed by atoms with Crippen LogP contribution in [0.5, 0.6) is 0 Å². The van der Waals surface area contributed by atoms with Gasteiger partial charge >= 0.3 is 5.69 Å². The summed E-state index contributed by atoms with van der Waals surface area (Å²) in [6.07, 6.45) is 4.35. The molecular formula is C15H13ClN6O2S. The first kappa shape index (κ1) is 17.2. The fourth-order valence-electron chi connectivity index (χ4n) is 2.14. The van der Waals surface area contributed by atoms with Crippen molar-refractivity contribution in [3.63, 3.8) is 0 Å². The Kier molecular flexibility index (Phi) is 5.15. The predicted molar refractivity (Wildman–Crippen MR) is 95.4 cm³/mol. The van der Waals surface area contributed by atoms with Crippen LogP contribution in [0.2, 0.25) is 5.02 Å². The molecule has 0 unspecified atom stereocenters. The Hall–Kier alpha value is -2.65. The first-order valence-electron chi connectivity index (χ1n) is 7.18. The molecule has 0 radical (unpaired) electrons. The molecule has 10 heteroatoms. The summed E-state index contributed by atoms with van der Waals surface area (Å²) < 4.78 is 3.40. The molecule has 2 aromatic heterocycles. The first-order valence-corrected chi connectivity index (χ1v) is 8.54. The maximum absolute atomic E-state index is 10.7. The minimum Gasteiger partial charge on any atom is -0.298 e. The summed E-state index contributed by atoms with van der Waals surface area (Å²) in [5, 5.41) is 24.4. The summed E-state index contributed by atoms with van der Waals surface area (Å²) in [5.74, 6) is 1.08. The van der Waals surface area contributed by atoms with E-state index in [9.17, 15) is 10.1 Å². The zero-order valence-electron chi connectivity index (χ0n) is 12.9. The number of nitro groups is 1. The molecule has 25 heavy (non-hydrogen) atoms. The lowest BCUT2D eigenvalue weighted by atomic mass is 10.2. The number of halogens is 1. The molecule has 0 aliphatic rings. The van der Waals surface area contributed by atoms with Gasteiger partial charge in [0.1, 0.15) is 12.4 Å². The zero-order chi connectivity index (χ0) is 17.8. The normalized spacial score (nSPS) is 10.8. The van der Waals surface area contributed by atoms with Crippen LogP contribution < -0.4 is 0 Å². The Morgan fingerprint density at radius 3 is 2.72 bits per heavy atom. The van der Waals surface area contributed by atoms with Crippen molar-refractivity contribution in [1.29, 1.82) is 0 Å². The van der Waals surface area contributed by atoms with Crippen LogP contribution in [0, 0.1) is 10.1 Å². The molecule has 3 aromatic rings. The first-order chi connectivity index (χ1) is 12.1. The molecular weight excluding hydrogens is 364 g/mol. The summed E-state index contributed by atoms with van der Waals surface area (Å²) in [6, 6.07) is 7.33. The third kappa shape index (κ3) is 3.89. The third-order valence-electron chi connectivity index (χ3n) is 3.29. The van der Waals surface area contributed by atoms with Crippen LogP contribution in [0.25, 0.3) is 11.4 Å². The highest BCUT2D eigenvalue weighted by molar-refractivity contribution is 7.98. The number of nitrogens with zero attached hydrogens (tertiary/aromatic N) is 6. The minimum absolute atomic E-state index is 0.0463. The van der Waals surface area contributed by atoms with Gasteiger partial charge in [0.2, 0.25) is 0 Å². The van der Waals surface area contributed by atoms with Crippen molar-refractivity contribution >= 4 is 29.1 Å². The Morgan fingerprint density at radius 1 is 1.32 bits per heavy atom. The molecule has 0 aliphatic carbocycles. The largest absolute Gasteiger partial charge is 0.307 e. The molecule has 0 amide bonds. The maximum atomic E-state index is 10.7. The van der Waals surface area contributed by atoms with Gasteiger partial charge in [-0.2, -0.15) is 5.10 Å². The Labute approximate surface area is 152 Å². The van der Waals surface area contributed by atoms with Crippen molar-refractivity contribution in [2.75, 3.05) is 0 Å². The van der Waals surface area contributed by atoms with Crippen molar-refractivity contribution in [2.24, 2.45) is 0 Å². The highest BCUT2D eigenvalue weighted by Crippen LogP contribution is 2.26. The lowest BCUT2D eigenvalue weighted by molar-refractivity contribution is -0.385. The molecule has 0 spiro atoms. The van der Waals surface area contributed by atoms with Crippen LogP contribution in [-0.4, -0.2) is 29.5 Å². The highest BCUT2D eigenvalue weighted by atomic mass is 35.5. The molecule has 0 bridgehead atoms. The van der Waals surface area contributed by atoms with E-state index in [-0.39, 0.29) is 5.69 Å². The molecule has 0 N–H and O–H groups in total.